The minimum absolute atomic E-state index is 0.508. The van der Waals surface area contributed by atoms with Crippen LogP contribution in [0.1, 0.15) is 70.9 Å². The molecular formula is C19H31N. The summed E-state index contributed by atoms with van der Waals surface area (Å²) in [6.45, 7) is 7.04. The van der Waals surface area contributed by atoms with Crippen LogP contribution in [0.2, 0.25) is 0 Å². The first kappa shape index (κ1) is 15.6. The summed E-state index contributed by atoms with van der Waals surface area (Å²) in [5, 5.41) is 3.93. The molecule has 0 aliphatic heterocycles. The second kappa shape index (κ2) is 7.83. The zero-order chi connectivity index (χ0) is 14.4. The van der Waals surface area contributed by atoms with E-state index in [0.29, 0.717) is 12.1 Å². The van der Waals surface area contributed by atoms with Gasteiger partial charge in [0.05, 0.1) is 0 Å². The van der Waals surface area contributed by atoms with Gasteiger partial charge in [-0.15, -0.1) is 0 Å². The molecule has 1 unspecified atom stereocenters. The third kappa shape index (κ3) is 4.63. The summed E-state index contributed by atoms with van der Waals surface area (Å²) >= 11 is 0. The third-order valence-electron chi connectivity index (χ3n) is 4.73. The van der Waals surface area contributed by atoms with Crippen LogP contribution in [-0.2, 0) is 0 Å². The van der Waals surface area contributed by atoms with Crippen molar-refractivity contribution in [1.29, 1.82) is 0 Å². The number of hydrogen-bond donors (Lipinski definition) is 1. The van der Waals surface area contributed by atoms with Crippen LogP contribution in [0.25, 0.3) is 0 Å². The molecule has 1 aliphatic rings. The van der Waals surface area contributed by atoms with Crippen molar-refractivity contribution in [3.63, 3.8) is 0 Å². The Morgan fingerprint density at radius 1 is 1.00 bits per heavy atom. The lowest BCUT2D eigenvalue weighted by molar-refractivity contribution is 0.254. The predicted molar refractivity (Wildman–Crippen MR) is 87.8 cm³/mol. The van der Waals surface area contributed by atoms with Crippen molar-refractivity contribution in [2.24, 2.45) is 11.8 Å². The summed E-state index contributed by atoms with van der Waals surface area (Å²) in [6.07, 6.45) is 8.35. The van der Waals surface area contributed by atoms with Crippen LogP contribution in [0.3, 0.4) is 0 Å². The molecule has 0 amide bonds. The van der Waals surface area contributed by atoms with Crippen LogP contribution in [0.5, 0.6) is 0 Å². The first-order valence-electron chi connectivity index (χ1n) is 8.48. The molecule has 1 N–H and O–H groups in total. The molecular weight excluding hydrogens is 242 g/mol. The van der Waals surface area contributed by atoms with Crippen molar-refractivity contribution in [3.05, 3.63) is 35.9 Å². The molecule has 1 saturated carbocycles. The second-order valence-electron chi connectivity index (χ2n) is 6.95. The van der Waals surface area contributed by atoms with E-state index >= 15 is 0 Å². The first-order valence-corrected chi connectivity index (χ1v) is 8.48. The molecule has 1 nitrogen and oxygen atoms in total. The molecule has 0 saturated heterocycles. The molecule has 0 radical (unpaired) electrons. The van der Waals surface area contributed by atoms with E-state index in [-0.39, 0.29) is 0 Å². The SMILES string of the molecule is CC(C)CC(N[C@@H](C)C1CCCCC1)c1ccccc1. The number of rotatable bonds is 6. The second-order valence-corrected chi connectivity index (χ2v) is 6.95. The van der Waals surface area contributed by atoms with Crippen LogP contribution < -0.4 is 5.32 Å². The van der Waals surface area contributed by atoms with Crippen molar-refractivity contribution in [3.8, 4) is 0 Å². The van der Waals surface area contributed by atoms with Crippen LogP contribution >= 0.6 is 0 Å². The Kier molecular flexibility index (Phi) is 6.09. The van der Waals surface area contributed by atoms with E-state index in [1.54, 1.807) is 0 Å². The van der Waals surface area contributed by atoms with Crippen molar-refractivity contribution >= 4 is 0 Å². The Balaban J connectivity index is 1.99. The Morgan fingerprint density at radius 2 is 1.65 bits per heavy atom. The largest absolute Gasteiger partial charge is 0.307 e. The molecule has 1 fully saturated rings. The lowest BCUT2D eigenvalue weighted by Crippen LogP contribution is -2.37. The Hall–Kier alpha value is -0.820. The van der Waals surface area contributed by atoms with Gasteiger partial charge in [-0.1, -0.05) is 63.4 Å². The van der Waals surface area contributed by atoms with E-state index in [0.717, 1.165) is 11.8 Å². The molecule has 1 aromatic carbocycles. The molecule has 2 rings (SSSR count). The molecule has 0 heterocycles. The summed E-state index contributed by atoms with van der Waals surface area (Å²) in [7, 11) is 0. The van der Waals surface area contributed by atoms with Gasteiger partial charge in [0.15, 0.2) is 0 Å². The lowest BCUT2D eigenvalue weighted by atomic mass is 9.83. The van der Waals surface area contributed by atoms with E-state index in [9.17, 15) is 0 Å². The van der Waals surface area contributed by atoms with Crippen LogP contribution in [0.15, 0.2) is 30.3 Å². The molecule has 112 valence electrons. The van der Waals surface area contributed by atoms with E-state index in [1.165, 1.54) is 44.1 Å². The highest BCUT2D eigenvalue weighted by Gasteiger charge is 2.23. The normalized spacial score (nSPS) is 20.0. The fraction of sp³-hybridized carbons (Fsp3) is 0.684. The fourth-order valence-electron chi connectivity index (χ4n) is 3.54. The van der Waals surface area contributed by atoms with Gasteiger partial charge in [0.2, 0.25) is 0 Å². The maximum absolute atomic E-state index is 3.93. The van der Waals surface area contributed by atoms with Crippen LogP contribution in [-0.4, -0.2) is 6.04 Å². The van der Waals surface area contributed by atoms with Gasteiger partial charge in [-0.2, -0.15) is 0 Å². The van der Waals surface area contributed by atoms with Gasteiger partial charge < -0.3 is 5.32 Å². The Morgan fingerprint density at radius 3 is 2.25 bits per heavy atom. The van der Waals surface area contributed by atoms with Crippen molar-refractivity contribution < 1.29 is 0 Å². The smallest absolute Gasteiger partial charge is 0.0325 e. The van der Waals surface area contributed by atoms with Gasteiger partial charge in [-0.25, -0.2) is 0 Å². The molecule has 0 aromatic heterocycles. The van der Waals surface area contributed by atoms with E-state index < -0.39 is 0 Å². The molecule has 1 heteroatoms. The average Bonchev–Trinajstić information content (AvgIpc) is 2.48. The molecule has 0 bridgehead atoms. The highest BCUT2D eigenvalue weighted by Crippen LogP contribution is 2.29. The Bertz CT molecular complexity index is 365. The number of nitrogens with one attached hydrogen (secondary N) is 1. The van der Waals surface area contributed by atoms with Gasteiger partial charge in [0, 0.05) is 12.1 Å². The summed E-state index contributed by atoms with van der Waals surface area (Å²) in [6, 6.07) is 12.1. The highest BCUT2D eigenvalue weighted by atomic mass is 15.0. The zero-order valence-electron chi connectivity index (χ0n) is 13.4. The van der Waals surface area contributed by atoms with Gasteiger partial charge in [-0.3, -0.25) is 0 Å². The van der Waals surface area contributed by atoms with Crippen molar-refractivity contribution in [1.82, 2.24) is 5.32 Å². The quantitative estimate of drug-likeness (QED) is 0.738. The minimum atomic E-state index is 0.508. The number of hydrogen-bond acceptors (Lipinski definition) is 1. The van der Waals surface area contributed by atoms with Gasteiger partial charge in [0.25, 0.3) is 0 Å². The van der Waals surface area contributed by atoms with E-state index in [2.05, 4.69) is 56.4 Å². The average molecular weight is 273 g/mol. The maximum atomic E-state index is 3.93. The third-order valence-corrected chi connectivity index (χ3v) is 4.73. The molecule has 20 heavy (non-hydrogen) atoms. The van der Waals surface area contributed by atoms with Gasteiger partial charge in [0.1, 0.15) is 0 Å². The van der Waals surface area contributed by atoms with Crippen LogP contribution in [0.4, 0.5) is 0 Å². The standard InChI is InChI=1S/C19H31N/c1-15(2)14-19(18-12-8-5-9-13-18)20-16(3)17-10-6-4-7-11-17/h5,8-9,12-13,15-17,19-20H,4,6-7,10-11,14H2,1-3H3/t16-,19?/m0/s1. The summed E-state index contributed by atoms with van der Waals surface area (Å²) < 4.78 is 0. The van der Waals surface area contributed by atoms with E-state index in [4.69, 9.17) is 0 Å². The van der Waals surface area contributed by atoms with Crippen molar-refractivity contribution in [2.75, 3.05) is 0 Å². The zero-order valence-corrected chi connectivity index (χ0v) is 13.4. The Labute approximate surface area is 125 Å². The summed E-state index contributed by atoms with van der Waals surface area (Å²) in [4.78, 5) is 0. The highest BCUT2D eigenvalue weighted by molar-refractivity contribution is 5.19. The molecule has 2 atom stereocenters. The van der Waals surface area contributed by atoms with Crippen molar-refractivity contribution in [2.45, 2.75) is 71.4 Å². The molecule has 1 aromatic rings. The van der Waals surface area contributed by atoms with Gasteiger partial charge >= 0.3 is 0 Å². The van der Waals surface area contributed by atoms with E-state index in [1.807, 2.05) is 0 Å². The predicted octanol–water partition coefficient (Wildman–Crippen LogP) is 5.33. The first-order chi connectivity index (χ1) is 9.66. The fourth-order valence-corrected chi connectivity index (χ4v) is 3.54. The molecule has 0 spiro atoms. The molecule has 1 aliphatic carbocycles. The maximum Gasteiger partial charge on any atom is 0.0325 e. The lowest BCUT2D eigenvalue weighted by Gasteiger charge is -2.32. The summed E-state index contributed by atoms with van der Waals surface area (Å²) in [5.74, 6) is 1.60. The minimum Gasteiger partial charge on any atom is -0.307 e. The number of benzene rings is 1. The topological polar surface area (TPSA) is 12.0 Å². The summed E-state index contributed by atoms with van der Waals surface area (Å²) in [5.41, 5.74) is 1.45. The monoisotopic (exact) mass is 273 g/mol. The van der Waals surface area contributed by atoms with Gasteiger partial charge in [-0.05, 0) is 43.6 Å². The van der Waals surface area contributed by atoms with Crippen LogP contribution in [0, 0.1) is 11.8 Å².